The number of benzene rings is 1. The third-order valence-electron chi connectivity index (χ3n) is 4.20. The molecule has 1 aromatic carbocycles. The number of phenols is 2. The number of rotatable bonds is 4. The van der Waals surface area contributed by atoms with Gasteiger partial charge in [0.15, 0.2) is 11.5 Å². The summed E-state index contributed by atoms with van der Waals surface area (Å²) >= 11 is 0. The number of hydrogen-bond acceptors (Lipinski definition) is 3. The number of carbonyl (C=O) groups is 1. The maximum absolute atomic E-state index is 12.5. The van der Waals surface area contributed by atoms with Crippen molar-refractivity contribution >= 4 is 12.0 Å². The minimum atomic E-state index is -0.178. The van der Waals surface area contributed by atoms with E-state index in [2.05, 4.69) is 0 Å². The number of nitrogens with zero attached hydrogens (tertiary/aromatic N) is 1. The highest BCUT2D eigenvalue weighted by atomic mass is 16.3. The lowest BCUT2D eigenvalue weighted by atomic mass is 9.93. The maximum atomic E-state index is 12.5. The van der Waals surface area contributed by atoms with E-state index in [4.69, 9.17) is 0 Å². The van der Waals surface area contributed by atoms with Crippen molar-refractivity contribution in [2.75, 3.05) is 0 Å². The van der Waals surface area contributed by atoms with Crippen LogP contribution in [0.25, 0.3) is 6.08 Å². The van der Waals surface area contributed by atoms with E-state index >= 15 is 0 Å². The molecule has 0 saturated heterocycles. The fraction of sp³-hybridized carbons (Fsp3) is 0.500. The van der Waals surface area contributed by atoms with E-state index in [1.165, 1.54) is 31.4 Å². The van der Waals surface area contributed by atoms with Gasteiger partial charge in [-0.25, -0.2) is 0 Å². The molecule has 1 aromatic rings. The average Bonchev–Trinajstić information content (AvgIpc) is 2.49. The Kier molecular flexibility index (Phi) is 5.47. The molecule has 2 N–H and O–H groups in total. The molecule has 0 heterocycles. The van der Waals surface area contributed by atoms with E-state index in [0.29, 0.717) is 11.6 Å². The predicted octanol–water partition coefficient (Wildman–Crippen LogP) is 3.68. The van der Waals surface area contributed by atoms with Crippen molar-refractivity contribution in [2.24, 2.45) is 0 Å². The molecular weight excluding hydrogens is 278 g/mol. The quantitative estimate of drug-likeness (QED) is 0.659. The van der Waals surface area contributed by atoms with Gasteiger partial charge in [-0.2, -0.15) is 0 Å². The normalized spacial score (nSPS) is 16.3. The van der Waals surface area contributed by atoms with Gasteiger partial charge in [-0.15, -0.1) is 0 Å². The monoisotopic (exact) mass is 303 g/mol. The Morgan fingerprint density at radius 1 is 1.18 bits per heavy atom. The summed E-state index contributed by atoms with van der Waals surface area (Å²) in [6, 6.07) is 5.03. The molecular formula is C18H25NO3. The Bertz CT molecular complexity index is 545. The number of hydrogen-bond donors (Lipinski definition) is 2. The highest BCUT2D eigenvalue weighted by Crippen LogP contribution is 2.26. The molecule has 0 unspecified atom stereocenters. The number of phenolic OH excluding ortho intramolecular Hbond substituents is 2. The molecule has 0 radical (unpaired) electrons. The Hall–Kier alpha value is -1.97. The van der Waals surface area contributed by atoms with Crippen LogP contribution in [-0.4, -0.2) is 33.1 Å². The second-order valence-corrected chi connectivity index (χ2v) is 6.21. The van der Waals surface area contributed by atoms with E-state index in [9.17, 15) is 15.0 Å². The molecule has 0 bridgehead atoms. The summed E-state index contributed by atoms with van der Waals surface area (Å²) in [6.07, 6.45) is 9.04. The summed E-state index contributed by atoms with van der Waals surface area (Å²) in [7, 11) is 0. The maximum Gasteiger partial charge on any atom is 0.247 e. The van der Waals surface area contributed by atoms with Crippen molar-refractivity contribution < 1.29 is 15.0 Å². The van der Waals surface area contributed by atoms with Crippen LogP contribution in [0.1, 0.15) is 51.5 Å². The van der Waals surface area contributed by atoms with Crippen molar-refractivity contribution in [1.82, 2.24) is 4.90 Å². The van der Waals surface area contributed by atoms with Crippen molar-refractivity contribution in [1.29, 1.82) is 0 Å². The second kappa shape index (κ2) is 7.34. The van der Waals surface area contributed by atoms with Gasteiger partial charge in [0.1, 0.15) is 0 Å². The van der Waals surface area contributed by atoms with E-state index in [-0.39, 0.29) is 23.4 Å². The minimum Gasteiger partial charge on any atom is -0.504 e. The Morgan fingerprint density at radius 2 is 1.86 bits per heavy atom. The van der Waals surface area contributed by atoms with Crippen LogP contribution in [0.15, 0.2) is 24.3 Å². The van der Waals surface area contributed by atoms with Crippen LogP contribution < -0.4 is 0 Å². The third-order valence-corrected chi connectivity index (χ3v) is 4.20. The lowest BCUT2D eigenvalue weighted by Gasteiger charge is -2.36. The number of carbonyl (C=O) groups excluding carboxylic acids is 1. The molecule has 1 aliphatic rings. The molecule has 22 heavy (non-hydrogen) atoms. The first-order valence-electron chi connectivity index (χ1n) is 8.01. The molecule has 1 amide bonds. The number of aromatic hydroxyl groups is 2. The van der Waals surface area contributed by atoms with E-state index in [1.54, 1.807) is 18.2 Å². The Labute approximate surface area is 132 Å². The van der Waals surface area contributed by atoms with Crippen LogP contribution in [0.5, 0.6) is 11.5 Å². The summed E-state index contributed by atoms with van der Waals surface area (Å²) < 4.78 is 0. The lowest BCUT2D eigenvalue weighted by molar-refractivity contribution is -0.130. The molecule has 1 saturated carbocycles. The largest absolute Gasteiger partial charge is 0.504 e. The molecule has 2 rings (SSSR count). The zero-order valence-corrected chi connectivity index (χ0v) is 13.3. The fourth-order valence-corrected chi connectivity index (χ4v) is 3.11. The SMILES string of the molecule is CC(C)N(C(=O)/C=C/c1ccc(O)c(O)c1)C1CCCCC1. The topological polar surface area (TPSA) is 60.8 Å². The van der Waals surface area contributed by atoms with Crippen molar-refractivity contribution in [2.45, 2.75) is 58.0 Å². The van der Waals surface area contributed by atoms with Crippen LogP contribution in [0.2, 0.25) is 0 Å². The highest BCUT2D eigenvalue weighted by Gasteiger charge is 2.26. The molecule has 1 aliphatic carbocycles. The van der Waals surface area contributed by atoms with Crippen LogP contribution in [0.4, 0.5) is 0 Å². The summed E-state index contributed by atoms with van der Waals surface area (Å²) in [5, 5.41) is 18.8. The molecule has 0 aromatic heterocycles. The second-order valence-electron chi connectivity index (χ2n) is 6.21. The van der Waals surface area contributed by atoms with Crippen molar-refractivity contribution in [3.05, 3.63) is 29.8 Å². The van der Waals surface area contributed by atoms with Crippen LogP contribution in [-0.2, 0) is 4.79 Å². The van der Waals surface area contributed by atoms with Crippen LogP contribution in [0.3, 0.4) is 0 Å². The molecule has 4 heteroatoms. The third kappa shape index (κ3) is 4.03. The van der Waals surface area contributed by atoms with Gasteiger partial charge < -0.3 is 15.1 Å². The van der Waals surface area contributed by atoms with Crippen LogP contribution >= 0.6 is 0 Å². The van der Waals surface area contributed by atoms with Gasteiger partial charge in [0, 0.05) is 18.2 Å². The molecule has 120 valence electrons. The van der Waals surface area contributed by atoms with E-state index in [0.717, 1.165) is 12.8 Å². The van der Waals surface area contributed by atoms with Crippen LogP contribution in [0, 0.1) is 0 Å². The molecule has 0 spiro atoms. The predicted molar refractivity (Wildman–Crippen MR) is 87.7 cm³/mol. The summed E-state index contributed by atoms with van der Waals surface area (Å²) in [5.74, 6) is -0.327. The van der Waals surface area contributed by atoms with Gasteiger partial charge in [-0.1, -0.05) is 25.3 Å². The number of amides is 1. The van der Waals surface area contributed by atoms with Gasteiger partial charge in [-0.05, 0) is 50.5 Å². The zero-order valence-electron chi connectivity index (χ0n) is 13.3. The zero-order chi connectivity index (χ0) is 16.1. The van der Waals surface area contributed by atoms with Crippen molar-refractivity contribution in [3.8, 4) is 11.5 Å². The standard InChI is InChI=1S/C18H25NO3/c1-13(2)19(15-6-4-3-5-7-15)18(22)11-9-14-8-10-16(20)17(21)12-14/h8-13,15,20-21H,3-7H2,1-2H3/b11-9+. The fourth-order valence-electron chi connectivity index (χ4n) is 3.11. The Morgan fingerprint density at radius 3 is 2.45 bits per heavy atom. The highest BCUT2D eigenvalue weighted by molar-refractivity contribution is 5.92. The first-order valence-corrected chi connectivity index (χ1v) is 8.01. The molecule has 0 atom stereocenters. The van der Waals surface area contributed by atoms with Gasteiger partial charge in [-0.3, -0.25) is 4.79 Å². The molecule has 1 fully saturated rings. The van der Waals surface area contributed by atoms with E-state index < -0.39 is 0 Å². The Balaban J connectivity index is 2.09. The van der Waals surface area contributed by atoms with Gasteiger partial charge >= 0.3 is 0 Å². The summed E-state index contributed by atoms with van der Waals surface area (Å²) in [5.41, 5.74) is 0.691. The molecule has 0 aliphatic heterocycles. The first kappa shape index (κ1) is 16.4. The van der Waals surface area contributed by atoms with Gasteiger partial charge in [0.2, 0.25) is 5.91 Å². The van der Waals surface area contributed by atoms with E-state index in [1.807, 2.05) is 18.7 Å². The first-order chi connectivity index (χ1) is 10.5. The summed E-state index contributed by atoms with van der Waals surface area (Å²) in [6.45, 7) is 4.10. The minimum absolute atomic E-state index is 0.00876. The lowest BCUT2D eigenvalue weighted by Crippen LogP contribution is -2.45. The van der Waals surface area contributed by atoms with Gasteiger partial charge in [0.05, 0.1) is 0 Å². The molecule has 4 nitrogen and oxygen atoms in total. The average molecular weight is 303 g/mol. The van der Waals surface area contributed by atoms with Crippen molar-refractivity contribution in [3.63, 3.8) is 0 Å². The smallest absolute Gasteiger partial charge is 0.247 e. The summed E-state index contributed by atoms with van der Waals surface area (Å²) in [4.78, 5) is 14.5. The van der Waals surface area contributed by atoms with Gasteiger partial charge in [0.25, 0.3) is 0 Å².